The van der Waals surface area contributed by atoms with Crippen molar-refractivity contribution in [3.05, 3.63) is 36.4 Å². The summed E-state index contributed by atoms with van der Waals surface area (Å²) in [4.78, 5) is 12.8. The summed E-state index contributed by atoms with van der Waals surface area (Å²) < 4.78 is 46.3. The summed E-state index contributed by atoms with van der Waals surface area (Å²) in [6, 6.07) is 4.14. The number of benzene rings is 1. The van der Waals surface area contributed by atoms with Crippen molar-refractivity contribution in [1.29, 1.82) is 0 Å². The first-order valence-corrected chi connectivity index (χ1v) is 6.16. The second-order valence-electron chi connectivity index (χ2n) is 4.12. The van der Waals surface area contributed by atoms with Crippen molar-refractivity contribution in [3.63, 3.8) is 0 Å². The number of carbonyl (C=O) groups is 1. The van der Waals surface area contributed by atoms with Crippen molar-refractivity contribution in [1.82, 2.24) is 4.90 Å². The second-order valence-corrected chi connectivity index (χ2v) is 4.12. The van der Waals surface area contributed by atoms with Crippen molar-refractivity contribution in [2.24, 2.45) is 0 Å². The molecule has 0 radical (unpaired) electrons. The molecular formula is C14H16F3NO3. The van der Waals surface area contributed by atoms with Crippen LogP contribution in [-0.4, -0.2) is 30.8 Å². The molecule has 0 saturated carbocycles. The predicted molar refractivity (Wildman–Crippen MR) is 71.0 cm³/mol. The lowest BCUT2D eigenvalue weighted by Crippen LogP contribution is -2.24. The molecule has 1 rings (SSSR count). The average molecular weight is 303 g/mol. The van der Waals surface area contributed by atoms with E-state index in [0.29, 0.717) is 5.56 Å². The zero-order valence-electron chi connectivity index (χ0n) is 11.7. The number of ether oxygens (including phenoxy) is 2. The predicted octanol–water partition coefficient (Wildman–Crippen LogP) is 3.13. The quantitative estimate of drug-likeness (QED) is 0.758. The van der Waals surface area contributed by atoms with Crippen LogP contribution in [0.1, 0.15) is 12.5 Å². The van der Waals surface area contributed by atoms with Crippen LogP contribution in [-0.2, 0) is 11.3 Å². The summed E-state index contributed by atoms with van der Waals surface area (Å²) in [7, 11) is 1.51. The summed E-state index contributed by atoms with van der Waals surface area (Å²) in [6.45, 7) is 5.25. The van der Waals surface area contributed by atoms with Gasteiger partial charge in [-0.05, 0) is 19.1 Å². The monoisotopic (exact) mass is 303 g/mol. The van der Waals surface area contributed by atoms with Gasteiger partial charge in [0, 0.05) is 19.2 Å². The maximum Gasteiger partial charge on any atom is 0.573 e. The van der Waals surface area contributed by atoms with Crippen molar-refractivity contribution in [2.75, 3.05) is 13.7 Å². The molecule has 0 aliphatic heterocycles. The molecule has 0 aromatic heterocycles. The molecule has 0 fully saturated rings. The van der Waals surface area contributed by atoms with Crippen molar-refractivity contribution in [3.8, 4) is 11.5 Å². The van der Waals surface area contributed by atoms with Gasteiger partial charge in [0.15, 0.2) is 11.5 Å². The highest BCUT2D eigenvalue weighted by Gasteiger charge is 2.33. The number of carbonyl (C=O) groups excluding carboxylic acids is 1. The first-order chi connectivity index (χ1) is 9.78. The Kier molecular flexibility index (Phi) is 5.63. The van der Waals surface area contributed by atoms with Gasteiger partial charge in [0.05, 0.1) is 6.61 Å². The Morgan fingerprint density at radius 1 is 1.43 bits per heavy atom. The number of nitrogens with zero attached hydrogens (tertiary/aromatic N) is 1. The largest absolute Gasteiger partial charge is 0.573 e. The summed E-state index contributed by atoms with van der Waals surface area (Å²) >= 11 is 0. The van der Waals surface area contributed by atoms with Gasteiger partial charge < -0.3 is 14.4 Å². The minimum atomic E-state index is -4.81. The SMILES string of the molecule is C=CC(=O)N(C)Cc1cccc(OC(F)(F)F)c1OCC. The van der Waals surface area contributed by atoms with Gasteiger partial charge >= 0.3 is 6.36 Å². The normalized spacial score (nSPS) is 10.9. The summed E-state index contributed by atoms with van der Waals surface area (Å²) in [6.07, 6.45) is -3.69. The van der Waals surface area contributed by atoms with Gasteiger partial charge in [-0.15, -0.1) is 13.2 Å². The van der Waals surface area contributed by atoms with E-state index < -0.39 is 12.1 Å². The van der Waals surface area contributed by atoms with Gasteiger partial charge in [-0.25, -0.2) is 0 Å². The molecule has 0 bridgehead atoms. The Hall–Kier alpha value is -2.18. The van der Waals surface area contributed by atoms with E-state index in [1.807, 2.05) is 0 Å². The van der Waals surface area contributed by atoms with Crippen molar-refractivity contribution < 1.29 is 27.4 Å². The minimum Gasteiger partial charge on any atom is -0.490 e. The summed E-state index contributed by atoms with van der Waals surface area (Å²) in [5.41, 5.74) is 0.413. The van der Waals surface area contributed by atoms with Crippen LogP contribution in [0.3, 0.4) is 0 Å². The highest BCUT2D eigenvalue weighted by molar-refractivity contribution is 5.86. The van der Waals surface area contributed by atoms with Crippen LogP contribution in [0.5, 0.6) is 11.5 Å². The number of hydrogen-bond donors (Lipinski definition) is 0. The van der Waals surface area contributed by atoms with Crippen LogP contribution in [0, 0.1) is 0 Å². The number of amides is 1. The molecule has 0 N–H and O–H groups in total. The van der Waals surface area contributed by atoms with E-state index in [4.69, 9.17) is 4.74 Å². The van der Waals surface area contributed by atoms with Crippen LogP contribution < -0.4 is 9.47 Å². The third-order valence-corrected chi connectivity index (χ3v) is 2.53. The third-order valence-electron chi connectivity index (χ3n) is 2.53. The number of rotatable bonds is 6. The van der Waals surface area contributed by atoms with E-state index in [1.165, 1.54) is 18.0 Å². The van der Waals surface area contributed by atoms with Gasteiger partial charge in [-0.3, -0.25) is 4.79 Å². The van der Waals surface area contributed by atoms with Gasteiger partial charge in [-0.1, -0.05) is 18.7 Å². The van der Waals surface area contributed by atoms with E-state index in [9.17, 15) is 18.0 Å². The topological polar surface area (TPSA) is 38.8 Å². The first kappa shape index (κ1) is 16.9. The van der Waals surface area contributed by atoms with Gasteiger partial charge in [0.25, 0.3) is 0 Å². The highest BCUT2D eigenvalue weighted by Crippen LogP contribution is 2.35. The fourth-order valence-electron chi connectivity index (χ4n) is 1.69. The molecule has 0 aliphatic carbocycles. The Balaban J connectivity index is 3.10. The lowest BCUT2D eigenvalue weighted by atomic mass is 10.1. The Labute approximate surface area is 120 Å². The van der Waals surface area contributed by atoms with E-state index >= 15 is 0 Å². The smallest absolute Gasteiger partial charge is 0.490 e. The molecule has 1 amide bonds. The molecule has 4 nitrogen and oxygen atoms in total. The molecule has 0 unspecified atom stereocenters. The van der Waals surface area contributed by atoms with E-state index in [2.05, 4.69) is 11.3 Å². The number of likely N-dealkylation sites (N-methyl/N-ethyl adjacent to an activating group) is 1. The van der Waals surface area contributed by atoms with E-state index in [1.54, 1.807) is 13.0 Å². The van der Waals surface area contributed by atoms with Crippen LogP contribution in [0.25, 0.3) is 0 Å². The Bertz CT molecular complexity index is 515. The van der Waals surface area contributed by atoms with E-state index in [-0.39, 0.29) is 24.8 Å². The fraction of sp³-hybridized carbons (Fsp3) is 0.357. The minimum absolute atomic E-state index is 0.0268. The second kappa shape index (κ2) is 7.01. The molecular weight excluding hydrogens is 287 g/mol. The molecule has 0 spiro atoms. The fourth-order valence-corrected chi connectivity index (χ4v) is 1.69. The molecule has 0 heterocycles. The van der Waals surface area contributed by atoms with Crippen LogP contribution >= 0.6 is 0 Å². The van der Waals surface area contributed by atoms with Crippen molar-refractivity contribution in [2.45, 2.75) is 19.8 Å². The highest BCUT2D eigenvalue weighted by atomic mass is 19.4. The van der Waals surface area contributed by atoms with Crippen LogP contribution in [0.2, 0.25) is 0 Å². The maximum absolute atomic E-state index is 12.4. The van der Waals surface area contributed by atoms with Gasteiger partial charge in [0.2, 0.25) is 5.91 Å². The molecule has 0 saturated heterocycles. The third kappa shape index (κ3) is 5.02. The lowest BCUT2D eigenvalue weighted by Gasteiger charge is -2.20. The van der Waals surface area contributed by atoms with Gasteiger partial charge in [-0.2, -0.15) is 0 Å². The Morgan fingerprint density at radius 3 is 2.62 bits per heavy atom. The summed E-state index contributed by atoms with van der Waals surface area (Å²) in [5.74, 6) is -0.804. The molecule has 21 heavy (non-hydrogen) atoms. The summed E-state index contributed by atoms with van der Waals surface area (Å²) in [5, 5.41) is 0. The zero-order valence-corrected chi connectivity index (χ0v) is 11.7. The Morgan fingerprint density at radius 2 is 2.10 bits per heavy atom. The first-order valence-electron chi connectivity index (χ1n) is 6.16. The van der Waals surface area contributed by atoms with E-state index in [0.717, 1.165) is 12.1 Å². The molecule has 116 valence electrons. The standard InChI is InChI=1S/C14H16F3NO3/c1-4-12(19)18(3)9-10-7-6-8-11(13(10)20-5-2)21-14(15,16)17/h4,6-8H,1,5,9H2,2-3H3. The van der Waals surface area contributed by atoms with Crippen LogP contribution in [0.15, 0.2) is 30.9 Å². The zero-order chi connectivity index (χ0) is 16.0. The number of para-hydroxylation sites is 1. The average Bonchev–Trinajstić information content (AvgIpc) is 2.39. The molecule has 1 aromatic carbocycles. The van der Waals surface area contributed by atoms with Crippen LogP contribution in [0.4, 0.5) is 13.2 Å². The molecule has 0 atom stereocenters. The van der Waals surface area contributed by atoms with Crippen molar-refractivity contribution >= 4 is 5.91 Å². The number of alkyl halides is 3. The van der Waals surface area contributed by atoms with Gasteiger partial charge in [0.1, 0.15) is 0 Å². The maximum atomic E-state index is 12.4. The number of halogens is 3. The molecule has 0 aliphatic rings. The molecule has 1 aromatic rings. The molecule has 7 heteroatoms. The number of hydrogen-bond acceptors (Lipinski definition) is 3. The lowest BCUT2D eigenvalue weighted by molar-refractivity contribution is -0.275.